The van der Waals surface area contributed by atoms with E-state index in [9.17, 15) is 13.2 Å². The van der Waals surface area contributed by atoms with E-state index in [1.54, 1.807) is 23.7 Å². The molecule has 0 bridgehead atoms. The second kappa shape index (κ2) is 9.62. The summed E-state index contributed by atoms with van der Waals surface area (Å²) in [5.41, 5.74) is 2.42. The Morgan fingerprint density at radius 2 is 1.97 bits per heavy atom. The first-order chi connectivity index (χ1) is 13.8. The number of thiazole rings is 1. The normalized spacial score (nSPS) is 11.7. The zero-order valence-electron chi connectivity index (χ0n) is 16.3. The van der Waals surface area contributed by atoms with Gasteiger partial charge in [-0.1, -0.05) is 35.9 Å². The molecule has 0 spiro atoms. The molecule has 154 valence electrons. The van der Waals surface area contributed by atoms with Crippen LogP contribution in [0.4, 0.5) is 5.13 Å². The number of nitrogens with zero attached hydrogens (tertiary/aromatic N) is 2. The van der Waals surface area contributed by atoms with Crippen LogP contribution in [-0.4, -0.2) is 37.2 Å². The van der Waals surface area contributed by atoms with Gasteiger partial charge in [-0.2, -0.15) is 0 Å². The first-order valence-electron chi connectivity index (χ1n) is 9.14. The average molecular weight is 450 g/mol. The fourth-order valence-electron chi connectivity index (χ4n) is 2.68. The molecule has 0 fully saturated rings. The number of amides is 1. The summed E-state index contributed by atoms with van der Waals surface area (Å²) in [6.45, 7) is 2.34. The van der Waals surface area contributed by atoms with Gasteiger partial charge in [-0.3, -0.25) is 4.79 Å². The van der Waals surface area contributed by atoms with Crippen LogP contribution in [0.25, 0.3) is 0 Å². The summed E-state index contributed by atoms with van der Waals surface area (Å²) in [7, 11) is -1.94. The Morgan fingerprint density at radius 3 is 2.66 bits per heavy atom. The topological polar surface area (TPSA) is 79.4 Å². The van der Waals surface area contributed by atoms with Crippen molar-refractivity contribution in [3.63, 3.8) is 0 Å². The maximum Gasteiger partial charge on any atom is 0.252 e. The molecule has 0 atom stereocenters. The lowest BCUT2D eigenvalue weighted by Gasteiger charge is -2.15. The molecule has 9 heteroatoms. The summed E-state index contributed by atoms with van der Waals surface area (Å²) < 4.78 is 26.3. The van der Waals surface area contributed by atoms with E-state index >= 15 is 0 Å². The van der Waals surface area contributed by atoms with Crippen molar-refractivity contribution in [2.75, 3.05) is 18.9 Å². The van der Waals surface area contributed by atoms with Crippen molar-refractivity contribution >= 4 is 43.7 Å². The lowest BCUT2D eigenvalue weighted by molar-refractivity contribution is -0.116. The Bertz CT molecular complexity index is 1040. The molecule has 1 aromatic carbocycles. The van der Waals surface area contributed by atoms with Crippen molar-refractivity contribution in [3.8, 4) is 0 Å². The Morgan fingerprint density at radius 1 is 1.21 bits per heavy atom. The van der Waals surface area contributed by atoms with Gasteiger partial charge in [-0.15, -0.1) is 22.7 Å². The van der Waals surface area contributed by atoms with Crippen LogP contribution in [0.5, 0.6) is 0 Å². The van der Waals surface area contributed by atoms with Crippen LogP contribution in [0.15, 0.2) is 52.2 Å². The van der Waals surface area contributed by atoms with Gasteiger partial charge in [0.05, 0.1) is 0 Å². The third kappa shape index (κ3) is 5.96. The van der Waals surface area contributed by atoms with Crippen LogP contribution in [-0.2, 0) is 21.2 Å². The van der Waals surface area contributed by atoms with Crippen LogP contribution >= 0.6 is 22.7 Å². The van der Waals surface area contributed by atoms with E-state index in [1.165, 1.54) is 45.2 Å². The molecule has 0 radical (unpaired) electrons. The number of hydrogen-bond acceptors (Lipinski definition) is 6. The van der Waals surface area contributed by atoms with E-state index in [-0.39, 0.29) is 18.9 Å². The fourth-order valence-corrected chi connectivity index (χ4v) is 5.96. The largest absolute Gasteiger partial charge is 0.302 e. The quantitative estimate of drug-likeness (QED) is 0.532. The van der Waals surface area contributed by atoms with Gasteiger partial charge >= 0.3 is 0 Å². The zero-order chi connectivity index (χ0) is 20.9. The maximum absolute atomic E-state index is 12.4. The van der Waals surface area contributed by atoms with E-state index in [2.05, 4.69) is 41.5 Å². The van der Waals surface area contributed by atoms with E-state index < -0.39 is 10.0 Å². The summed E-state index contributed by atoms with van der Waals surface area (Å²) >= 11 is 2.64. The Labute approximate surface area is 179 Å². The number of carbonyl (C=O) groups is 1. The summed E-state index contributed by atoms with van der Waals surface area (Å²) in [4.78, 5) is 17.5. The van der Waals surface area contributed by atoms with Crippen LogP contribution in [0.3, 0.4) is 0 Å². The molecule has 2 heterocycles. The third-order valence-electron chi connectivity index (χ3n) is 4.34. The van der Waals surface area contributed by atoms with Crippen molar-refractivity contribution < 1.29 is 13.2 Å². The Kier molecular flexibility index (Phi) is 7.18. The van der Waals surface area contributed by atoms with Crippen LogP contribution in [0.1, 0.15) is 28.8 Å². The molecule has 0 aliphatic carbocycles. The molecule has 1 N–H and O–H groups in total. The first-order valence-corrected chi connectivity index (χ1v) is 12.3. The minimum Gasteiger partial charge on any atom is -0.302 e. The minimum absolute atomic E-state index is 0.164. The highest BCUT2D eigenvalue weighted by Crippen LogP contribution is 2.22. The second-order valence-corrected chi connectivity index (χ2v) is 11.0. The van der Waals surface area contributed by atoms with E-state index in [1.807, 2.05) is 0 Å². The summed E-state index contributed by atoms with van der Waals surface area (Å²) in [6.07, 6.45) is 3.23. The van der Waals surface area contributed by atoms with Gasteiger partial charge in [0.25, 0.3) is 10.0 Å². The molecule has 2 aromatic heterocycles. The number of anilines is 1. The first kappa shape index (κ1) is 21.6. The highest BCUT2D eigenvalue weighted by Gasteiger charge is 2.21. The molecule has 3 aromatic rings. The van der Waals surface area contributed by atoms with Crippen molar-refractivity contribution in [2.45, 2.75) is 30.4 Å². The van der Waals surface area contributed by atoms with Crippen molar-refractivity contribution in [1.29, 1.82) is 0 Å². The SMILES string of the molecule is Cc1ccc(Cc2cnc(NC(=O)CCCN(C)S(=O)(=O)c3cccs3)s2)cc1. The molecule has 29 heavy (non-hydrogen) atoms. The molecule has 3 rings (SSSR count). The maximum atomic E-state index is 12.4. The van der Waals surface area contributed by atoms with Crippen LogP contribution in [0.2, 0.25) is 0 Å². The van der Waals surface area contributed by atoms with Gasteiger partial charge < -0.3 is 5.32 Å². The molecule has 0 aliphatic heterocycles. The highest BCUT2D eigenvalue weighted by molar-refractivity contribution is 7.91. The number of aryl methyl sites for hydroxylation is 1. The van der Waals surface area contributed by atoms with Gasteiger partial charge in [0.15, 0.2) is 5.13 Å². The van der Waals surface area contributed by atoms with E-state index in [0.717, 1.165) is 11.3 Å². The second-order valence-electron chi connectivity index (χ2n) is 6.70. The van der Waals surface area contributed by atoms with Gasteiger partial charge in [0.2, 0.25) is 5.91 Å². The number of carbonyl (C=O) groups excluding carboxylic acids is 1. The third-order valence-corrected chi connectivity index (χ3v) is 8.48. The Hall–Kier alpha value is -2.07. The van der Waals surface area contributed by atoms with Gasteiger partial charge in [-0.25, -0.2) is 17.7 Å². The van der Waals surface area contributed by atoms with Crippen molar-refractivity contribution in [3.05, 3.63) is 64.0 Å². The number of rotatable bonds is 9. The standard InChI is InChI=1S/C20H23N3O3S3/c1-15-7-9-16(10-8-15)13-17-14-21-20(28-17)22-18(24)5-3-11-23(2)29(25,26)19-6-4-12-27-19/h4,6-10,12,14H,3,5,11,13H2,1-2H3,(H,21,22,24). The van der Waals surface area contributed by atoms with Crippen molar-refractivity contribution in [2.24, 2.45) is 0 Å². The molecule has 0 saturated carbocycles. The highest BCUT2D eigenvalue weighted by atomic mass is 32.2. The molecule has 1 amide bonds. The number of hydrogen-bond donors (Lipinski definition) is 1. The average Bonchev–Trinajstić information content (AvgIpc) is 3.36. The molecule has 0 aliphatic rings. The molecular weight excluding hydrogens is 426 g/mol. The number of sulfonamides is 1. The number of aromatic nitrogens is 1. The Balaban J connectivity index is 1.45. The van der Waals surface area contributed by atoms with Crippen molar-refractivity contribution in [1.82, 2.24) is 9.29 Å². The fraction of sp³-hybridized carbons (Fsp3) is 0.300. The zero-order valence-corrected chi connectivity index (χ0v) is 18.7. The van der Waals surface area contributed by atoms with Crippen LogP contribution in [0, 0.1) is 6.92 Å². The number of thiophene rings is 1. The summed E-state index contributed by atoms with van der Waals surface area (Å²) in [5.74, 6) is -0.164. The van der Waals surface area contributed by atoms with Gasteiger partial charge in [-0.05, 0) is 30.4 Å². The van der Waals surface area contributed by atoms with Crippen LogP contribution < -0.4 is 5.32 Å². The smallest absolute Gasteiger partial charge is 0.252 e. The number of nitrogens with one attached hydrogen (secondary N) is 1. The summed E-state index contributed by atoms with van der Waals surface area (Å²) in [6, 6.07) is 11.6. The molecular formula is C20H23N3O3S3. The molecule has 0 unspecified atom stereocenters. The lowest BCUT2D eigenvalue weighted by Crippen LogP contribution is -2.28. The van der Waals surface area contributed by atoms with Gasteiger partial charge in [0, 0.05) is 37.5 Å². The number of benzene rings is 1. The van der Waals surface area contributed by atoms with E-state index in [4.69, 9.17) is 0 Å². The predicted molar refractivity (Wildman–Crippen MR) is 118 cm³/mol. The predicted octanol–water partition coefficient (Wildman–Crippen LogP) is 4.14. The van der Waals surface area contributed by atoms with Gasteiger partial charge in [0.1, 0.15) is 4.21 Å². The lowest BCUT2D eigenvalue weighted by atomic mass is 10.1. The molecule has 6 nitrogen and oxygen atoms in total. The van der Waals surface area contributed by atoms with E-state index in [0.29, 0.717) is 15.8 Å². The summed E-state index contributed by atoms with van der Waals surface area (Å²) in [5, 5.41) is 5.10. The minimum atomic E-state index is -3.47. The molecule has 0 saturated heterocycles. The monoisotopic (exact) mass is 449 g/mol.